The van der Waals surface area contributed by atoms with Gasteiger partial charge in [0.05, 0.1) is 7.11 Å². The fourth-order valence-corrected chi connectivity index (χ4v) is 3.29. The van der Waals surface area contributed by atoms with Gasteiger partial charge in [-0.1, -0.05) is 36.4 Å². The van der Waals surface area contributed by atoms with Crippen molar-refractivity contribution in [3.63, 3.8) is 0 Å². The molecule has 1 amide bonds. The van der Waals surface area contributed by atoms with Crippen molar-refractivity contribution in [1.82, 2.24) is 9.88 Å². The largest absolute Gasteiger partial charge is 0.464 e. The molecule has 0 aliphatic carbocycles. The van der Waals surface area contributed by atoms with Crippen LogP contribution in [0.4, 0.5) is 0 Å². The minimum atomic E-state index is -0.533. The third-order valence-electron chi connectivity index (χ3n) is 4.56. The molecule has 1 aliphatic rings. The van der Waals surface area contributed by atoms with Gasteiger partial charge in [0.2, 0.25) is 0 Å². The van der Waals surface area contributed by atoms with Gasteiger partial charge in [0.15, 0.2) is 0 Å². The highest BCUT2D eigenvalue weighted by molar-refractivity contribution is 5.94. The first kappa shape index (κ1) is 17.1. The molecule has 1 fully saturated rings. The fourth-order valence-electron chi connectivity index (χ4n) is 3.29. The van der Waals surface area contributed by atoms with Crippen LogP contribution in [0.25, 0.3) is 0 Å². The lowest BCUT2D eigenvalue weighted by atomic mass is 9.95. The first-order valence-corrected chi connectivity index (χ1v) is 8.59. The van der Waals surface area contributed by atoms with E-state index in [0.29, 0.717) is 5.69 Å². The molecule has 0 saturated carbocycles. The normalized spacial score (nSPS) is 17.2. The molecule has 0 N–H and O–H groups in total. The van der Waals surface area contributed by atoms with E-state index in [1.807, 2.05) is 23.1 Å². The first-order valence-electron chi connectivity index (χ1n) is 8.59. The number of amides is 1. The van der Waals surface area contributed by atoms with E-state index >= 15 is 0 Å². The predicted octanol–water partition coefficient (Wildman–Crippen LogP) is 3.11. The molecule has 130 valence electrons. The van der Waals surface area contributed by atoms with Gasteiger partial charge in [-0.05, 0) is 43.4 Å². The standard InChI is InChI=1S/C20H22N2O3/c1-25-20(24)18-12-7-11-17(21-18)19(23)22-13-6-5-10-16(22)14-15-8-3-2-4-9-15/h2-4,7-9,11-12,16H,5-6,10,13-14H2,1H3. The van der Waals surface area contributed by atoms with Crippen molar-refractivity contribution in [2.24, 2.45) is 0 Å². The number of rotatable bonds is 4. The number of nitrogens with zero attached hydrogens (tertiary/aromatic N) is 2. The summed E-state index contributed by atoms with van der Waals surface area (Å²) in [6, 6.07) is 15.3. The van der Waals surface area contributed by atoms with Crippen LogP contribution in [0, 0.1) is 0 Å². The molecule has 0 radical (unpaired) electrons. The maximum Gasteiger partial charge on any atom is 0.356 e. The number of aromatic nitrogens is 1. The summed E-state index contributed by atoms with van der Waals surface area (Å²) in [7, 11) is 1.30. The van der Waals surface area contributed by atoms with Crippen LogP contribution >= 0.6 is 0 Å². The van der Waals surface area contributed by atoms with Crippen molar-refractivity contribution >= 4 is 11.9 Å². The lowest BCUT2D eigenvalue weighted by molar-refractivity contribution is 0.0590. The first-order chi connectivity index (χ1) is 12.2. The molecular formula is C20H22N2O3. The van der Waals surface area contributed by atoms with Crippen molar-refractivity contribution in [2.75, 3.05) is 13.7 Å². The molecule has 25 heavy (non-hydrogen) atoms. The van der Waals surface area contributed by atoms with E-state index in [-0.39, 0.29) is 17.6 Å². The highest BCUT2D eigenvalue weighted by Crippen LogP contribution is 2.22. The Balaban J connectivity index is 1.80. The summed E-state index contributed by atoms with van der Waals surface area (Å²) < 4.78 is 4.69. The number of esters is 1. The number of benzene rings is 1. The van der Waals surface area contributed by atoms with Crippen LogP contribution in [0.2, 0.25) is 0 Å². The Kier molecular flexibility index (Phi) is 5.43. The van der Waals surface area contributed by atoms with E-state index in [2.05, 4.69) is 17.1 Å². The van der Waals surface area contributed by atoms with Crippen molar-refractivity contribution in [3.05, 3.63) is 65.5 Å². The van der Waals surface area contributed by atoms with Crippen LogP contribution in [0.5, 0.6) is 0 Å². The Morgan fingerprint density at radius 3 is 2.60 bits per heavy atom. The number of pyridine rings is 1. The van der Waals surface area contributed by atoms with E-state index in [1.165, 1.54) is 12.7 Å². The number of hydrogen-bond donors (Lipinski definition) is 0. The van der Waals surface area contributed by atoms with E-state index in [1.54, 1.807) is 18.2 Å². The van der Waals surface area contributed by atoms with Crippen molar-refractivity contribution in [3.8, 4) is 0 Å². The molecule has 1 aromatic heterocycles. The highest BCUT2D eigenvalue weighted by atomic mass is 16.5. The number of hydrogen-bond acceptors (Lipinski definition) is 4. The zero-order valence-corrected chi connectivity index (χ0v) is 14.4. The Bertz CT molecular complexity index is 746. The number of ether oxygens (including phenoxy) is 1. The lowest BCUT2D eigenvalue weighted by Gasteiger charge is -2.35. The van der Waals surface area contributed by atoms with Gasteiger partial charge >= 0.3 is 5.97 Å². The second-order valence-corrected chi connectivity index (χ2v) is 6.24. The third-order valence-corrected chi connectivity index (χ3v) is 4.56. The van der Waals surface area contributed by atoms with Gasteiger partial charge in [0.25, 0.3) is 5.91 Å². The predicted molar refractivity (Wildman–Crippen MR) is 94.4 cm³/mol. The van der Waals surface area contributed by atoms with Crippen LogP contribution in [-0.4, -0.2) is 41.5 Å². The SMILES string of the molecule is COC(=O)c1cccc(C(=O)N2CCCCC2Cc2ccccc2)n1. The Morgan fingerprint density at radius 1 is 1.08 bits per heavy atom. The molecule has 1 saturated heterocycles. The van der Waals surface area contributed by atoms with E-state index in [4.69, 9.17) is 4.74 Å². The quantitative estimate of drug-likeness (QED) is 0.804. The van der Waals surface area contributed by atoms with E-state index < -0.39 is 5.97 Å². The van der Waals surface area contributed by atoms with Crippen molar-refractivity contribution in [2.45, 2.75) is 31.7 Å². The summed E-state index contributed by atoms with van der Waals surface area (Å²) in [5.41, 5.74) is 1.68. The number of carbonyl (C=O) groups is 2. The second kappa shape index (κ2) is 7.92. The zero-order chi connectivity index (χ0) is 17.6. The molecule has 5 heteroatoms. The number of methoxy groups -OCH3 is 1. The van der Waals surface area contributed by atoms with Gasteiger partial charge in [-0.15, -0.1) is 0 Å². The van der Waals surface area contributed by atoms with Crippen molar-refractivity contribution < 1.29 is 14.3 Å². The fraction of sp³-hybridized carbons (Fsp3) is 0.350. The van der Waals surface area contributed by atoms with Crippen molar-refractivity contribution in [1.29, 1.82) is 0 Å². The molecule has 0 spiro atoms. The summed E-state index contributed by atoms with van der Waals surface area (Å²) >= 11 is 0. The minimum Gasteiger partial charge on any atom is -0.464 e. The zero-order valence-electron chi connectivity index (χ0n) is 14.4. The van der Waals surface area contributed by atoms with E-state index in [9.17, 15) is 9.59 Å². The average molecular weight is 338 g/mol. The molecule has 2 heterocycles. The number of carbonyl (C=O) groups excluding carboxylic acids is 2. The second-order valence-electron chi connectivity index (χ2n) is 6.24. The molecule has 2 aromatic rings. The Labute approximate surface area is 147 Å². The van der Waals surface area contributed by atoms with Gasteiger partial charge in [-0.3, -0.25) is 4.79 Å². The number of piperidine rings is 1. The topological polar surface area (TPSA) is 59.5 Å². The smallest absolute Gasteiger partial charge is 0.356 e. The summed E-state index contributed by atoms with van der Waals surface area (Å²) in [5, 5.41) is 0. The summed E-state index contributed by atoms with van der Waals surface area (Å²) in [6.07, 6.45) is 3.94. The van der Waals surface area contributed by atoms with E-state index in [0.717, 1.165) is 32.2 Å². The minimum absolute atomic E-state index is 0.119. The van der Waals surface area contributed by atoms with Gasteiger partial charge in [-0.25, -0.2) is 9.78 Å². The lowest BCUT2D eigenvalue weighted by Crippen LogP contribution is -2.45. The molecule has 3 rings (SSSR count). The van der Waals surface area contributed by atoms with Crippen LogP contribution in [0.3, 0.4) is 0 Å². The van der Waals surface area contributed by atoms with Crippen LogP contribution < -0.4 is 0 Å². The van der Waals surface area contributed by atoms with Gasteiger partial charge in [0, 0.05) is 12.6 Å². The van der Waals surface area contributed by atoms with Gasteiger partial charge in [-0.2, -0.15) is 0 Å². The molecule has 1 unspecified atom stereocenters. The molecule has 1 atom stereocenters. The molecule has 1 aliphatic heterocycles. The monoisotopic (exact) mass is 338 g/mol. The summed E-state index contributed by atoms with van der Waals surface area (Å²) in [6.45, 7) is 0.723. The Morgan fingerprint density at radius 2 is 1.84 bits per heavy atom. The third kappa shape index (κ3) is 4.05. The molecule has 0 bridgehead atoms. The maximum absolute atomic E-state index is 13.0. The van der Waals surface area contributed by atoms with Crippen LogP contribution in [-0.2, 0) is 11.2 Å². The molecule has 5 nitrogen and oxygen atoms in total. The Hall–Kier alpha value is -2.69. The summed E-state index contributed by atoms with van der Waals surface area (Å²) in [4.78, 5) is 30.7. The highest BCUT2D eigenvalue weighted by Gasteiger charge is 2.28. The van der Waals surface area contributed by atoms with Crippen LogP contribution in [0.1, 0.15) is 45.8 Å². The van der Waals surface area contributed by atoms with Gasteiger partial charge in [0.1, 0.15) is 11.4 Å². The van der Waals surface area contributed by atoms with Crippen LogP contribution in [0.15, 0.2) is 48.5 Å². The average Bonchev–Trinajstić information content (AvgIpc) is 2.68. The van der Waals surface area contributed by atoms with Gasteiger partial charge < -0.3 is 9.64 Å². The molecular weight excluding hydrogens is 316 g/mol. The maximum atomic E-state index is 13.0. The number of likely N-dealkylation sites (tertiary alicyclic amines) is 1. The summed E-state index contributed by atoms with van der Waals surface area (Å²) in [5.74, 6) is -0.652. The molecule has 1 aromatic carbocycles.